The largest absolute Gasteiger partial charge is 0.490 e. The van der Waals surface area contributed by atoms with Crippen molar-refractivity contribution in [3.05, 3.63) is 65.0 Å². The first-order valence-corrected chi connectivity index (χ1v) is 8.52. The number of esters is 2. The van der Waals surface area contributed by atoms with E-state index in [1.807, 2.05) is 0 Å². The van der Waals surface area contributed by atoms with Gasteiger partial charge in [0, 0.05) is 0 Å². The maximum absolute atomic E-state index is 13.8. The fraction of sp³-hybridized carbons (Fsp3) is 0.190. The summed E-state index contributed by atoms with van der Waals surface area (Å²) in [7, 11) is 0. The highest BCUT2D eigenvalue weighted by Gasteiger charge is 2.17. The third-order valence-electron chi connectivity index (χ3n) is 3.49. The number of ether oxygens (including phenoxy) is 3. The molecule has 0 aliphatic heterocycles. The van der Waals surface area contributed by atoms with Crippen LogP contribution in [0.1, 0.15) is 29.8 Å². The molecule has 0 aliphatic carbocycles. The van der Waals surface area contributed by atoms with Crippen LogP contribution < -0.4 is 9.47 Å². The zero-order chi connectivity index (χ0) is 20.5. The van der Waals surface area contributed by atoms with Crippen molar-refractivity contribution in [3.8, 4) is 17.6 Å². The predicted octanol–water partition coefficient (Wildman–Crippen LogP) is 3.91. The highest BCUT2D eigenvalue weighted by Crippen LogP contribution is 2.30. The molecule has 144 valence electrons. The van der Waals surface area contributed by atoms with E-state index in [4.69, 9.17) is 19.5 Å². The van der Waals surface area contributed by atoms with Crippen LogP contribution in [-0.2, 0) is 9.53 Å². The van der Waals surface area contributed by atoms with E-state index in [9.17, 15) is 14.0 Å². The van der Waals surface area contributed by atoms with E-state index in [-0.39, 0.29) is 35.8 Å². The molecule has 6 nitrogen and oxygen atoms in total. The third-order valence-corrected chi connectivity index (χ3v) is 3.49. The van der Waals surface area contributed by atoms with Gasteiger partial charge in [-0.05, 0) is 49.8 Å². The first-order valence-electron chi connectivity index (χ1n) is 8.52. The average Bonchev–Trinajstić information content (AvgIpc) is 2.68. The first-order chi connectivity index (χ1) is 13.5. The lowest BCUT2D eigenvalue weighted by molar-refractivity contribution is -0.137. The number of nitrogens with zero attached hydrogens (tertiary/aromatic N) is 1. The fourth-order valence-electron chi connectivity index (χ4n) is 2.26. The Morgan fingerprint density at radius 2 is 1.86 bits per heavy atom. The SMILES string of the molecule is CCOC(=O)/C(C#N)=C/c1ccc(OC(=O)c2ccccc2F)c(OCC)c1. The summed E-state index contributed by atoms with van der Waals surface area (Å²) in [5, 5.41) is 9.13. The summed E-state index contributed by atoms with van der Waals surface area (Å²) in [6.07, 6.45) is 1.34. The summed E-state index contributed by atoms with van der Waals surface area (Å²) in [5.74, 6) is -2.01. The molecule has 28 heavy (non-hydrogen) atoms. The van der Waals surface area contributed by atoms with Crippen molar-refractivity contribution in [2.75, 3.05) is 13.2 Å². The molecule has 2 aromatic carbocycles. The summed E-state index contributed by atoms with van der Waals surface area (Å²) >= 11 is 0. The molecule has 0 aliphatic rings. The number of carbonyl (C=O) groups is 2. The molecule has 7 heteroatoms. The van der Waals surface area contributed by atoms with Gasteiger partial charge in [0.05, 0.1) is 18.8 Å². The van der Waals surface area contributed by atoms with E-state index in [0.29, 0.717) is 5.56 Å². The number of carbonyl (C=O) groups excluding carboxylic acids is 2. The number of halogens is 1. The Bertz CT molecular complexity index is 946. The first kappa shape index (κ1) is 20.6. The number of hydrogen-bond donors (Lipinski definition) is 0. The molecule has 0 heterocycles. The van der Waals surface area contributed by atoms with Gasteiger partial charge in [0.25, 0.3) is 0 Å². The zero-order valence-electron chi connectivity index (χ0n) is 15.4. The van der Waals surface area contributed by atoms with Crippen molar-refractivity contribution in [1.82, 2.24) is 0 Å². The molecule has 2 rings (SSSR count). The van der Waals surface area contributed by atoms with Crippen LogP contribution in [0.4, 0.5) is 4.39 Å². The fourth-order valence-corrected chi connectivity index (χ4v) is 2.26. The Labute approximate surface area is 161 Å². The summed E-state index contributed by atoms with van der Waals surface area (Å²) in [5.41, 5.74) is 0.0853. The van der Waals surface area contributed by atoms with Crippen LogP contribution in [-0.4, -0.2) is 25.2 Å². The van der Waals surface area contributed by atoms with Crippen LogP contribution >= 0.6 is 0 Å². The number of benzene rings is 2. The maximum atomic E-state index is 13.8. The summed E-state index contributed by atoms with van der Waals surface area (Å²) < 4.78 is 29.3. The minimum Gasteiger partial charge on any atom is -0.490 e. The molecule has 2 aromatic rings. The van der Waals surface area contributed by atoms with Crippen molar-refractivity contribution >= 4 is 18.0 Å². The Hall–Kier alpha value is -3.66. The third kappa shape index (κ3) is 5.17. The molecule has 0 aromatic heterocycles. The average molecular weight is 383 g/mol. The minimum atomic E-state index is -0.869. The van der Waals surface area contributed by atoms with Crippen LogP contribution in [0.3, 0.4) is 0 Å². The summed E-state index contributed by atoms with van der Waals surface area (Å²) in [6.45, 7) is 3.80. The Balaban J connectivity index is 2.32. The molecular weight excluding hydrogens is 365 g/mol. The van der Waals surface area contributed by atoms with Gasteiger partial charge in [0.1, 0.15) is 17.5 Å². The van der Waals surface area contributed by atoms with Gasteiger partial charge in [-0.3, -0.25) is 0 Å². The quantitative estimate of drug-likeness (QED) is 0.312. The van der Waals surface area contributed by atoms with Gasteiger partial charge < -0.3 is 14.2 Å². The number of rotatable bonds is 7. The standard InChI is InChI=1S/C21H18FNO5/c1-3-26-19-12-14(11-15(13-23)20(24)27-4-2)9-10-18(19)28-21(25)16-7-5-6-8-17(16)22/h5-12H,3-4H2,1-2H3/b15-11+. The van der Waals surface area contributed by atoms with E-state index in [1.54, 1.807) is 19.9 Å². The van der Waals surface area contributed by atoms with Gasteiger partial charge in [0.2, 0.25) is 0 Å². The van der Waals surface area contributed by atoms with E-state index in [2.05, 4.69) is 0 Å². The van der Waals surface area contributed by atoms with Crippen molar-refractivity contribution < 1.29 is 28.2 Å². The second-order valence-corrected chi connectivity index (χ2v) is 5.40. The zero-order valence-corrected chi connectivity index (χ0v) is 15.4. The summed E-state index contributed by atoms with van der Waals surface area (Å²) in [4.78, 5) is 24.0. The normalized spacial score (nSPS) is 10.7. The molecule has 0 unspecified atom stereocenters. The molecule has 0 atom stereocenters. The molecule has 0 bridgehead atoms. The lowest BCUT2D eigenvalue weighted by atomic mass is 10.1. The molecule has 0 N–H and O–H groups in total. The molecule has 0 saturated carbocycles. The molecule has 0 radical (unpaired) electrons. The maximum Gasteiger partial charge on any atom is 0.348 e. The number of hydrogen-bond acceptors (Lipinski definition) is 6. The van der Waals surface area contributed by atoms with Gasteiger partial charge in [0.15, 0.2) is 11.5 Å². The highest BCUT2D eigenvalue weighted by atomic mass is 19.1. The van der Waals surface area contributed by atoms with E-state index >= 15 is 0 Å². The van der Waals surface area contributed by atoms with Crippen LogP contribution in [0.2, 0.25) is 0 Å². The smallest absolute Gasteiger partial charge is 0.348 e. The van der Waals surface area contributed by atoms with Gasteiger partial charge >= 0.3 is 11.9 Å². The Kier molecular flexibility index (Phi) is 7.28. The van der Waals surface area contributed by atoms with Gasteiger partial charge in [-0.1, -0.05) is 18.2 Å². The Morgan fingerprint density at radius 1 is 1.11 bits per heavy atom. The lowest BCUT2D eigenvalue weighted by Gasteiger charge is -2.12. The number of nitriles is 1. The second-order valence-electron chi connectivity index (χ2n) is 5.40. The van der Waals surface area contributed by atoms with Crippen LogP contribution in [0.5, 0.6) is 11.5 Å². The van der Waals surface area contributed by atoms with Crippen LogP contribution in [0, 0.1) is 17.1 Å². The highest BCUT2D eigenvalue weighted by molar-refractivity contribution is 5.98. The molecule has 0 spiro atoms. The van der Waals surface area contributed by atoms with Crippen molar-refractivity contribution in [2.24, 2.45) is 0 Å². The molecule has 0 saturated heterocycles. The molecule has 0 amide bonds. The van der Waals surface area contributed by atoms with Gasteiger partial charge in [-0.2, -0.15) is 5.26 Å². The molecule has 0 fully saturated rings. The van der Waals surface area contributed by atoms with Gasteiger partial charge in [-0.25, -0.2) is 14.0 Å². The van der Waals surface area contributed by atoms with E-state index < -0.39 is 17.8 Å². The van der Waals surface area contributed by atoms with E-state index in [1.165, 1.54) is 42.5 Å². The van der Waals surface area contributed by atoms with E-state index in [0.717, 1.165) is 6.07 Å². The topological polar surface area (TPSA) is 85.6 Å². The van der Waals surface area contributed by atoms with Crippen LogP contribution in [0.25, 0.3) is 6.08 Å². The lowest BCUT2D eigenvalue weighted by Crippen LogP contribution is -2.11. The molecular formula is C21H18FNO5. The van der Waals surface area contributed by atoms with Crippen molar-refractivity contribution in [1.29, 1.82) is 5.26 Å². The van der Waals surface area contributed by atoms with Crippen molar-refractivity contribution in [3.63, 3.8) is 0 Å². The monoisotopic (exact) mass is 383 g/mol. The second kappa shape index (κ2) is 9.88. The Morgan fingerprint density at radius 3 is 2.50 bits per heavy atom. The van der Waals surface area contributed by atoms with Gasteiger partial charge in [-0.15, -0.1) is 0 Å². The van der Waals surface area contributed by atoms with Crippen molar-refractivity contribution in [2.45, 2.75) is 13.8 Å². The predicted molar refractivity (Wildman–Crippen MR) is 99.2 cm³/mol. The van der Waals surface area contributed by atoms with Crippen LogP contribution in [0.15, 0.2) is 48.0 Å². The minimum absolute atomic E-state index is 0.0851. The summed E-state index contributed by atoms with van der Waals surface area (Å²) in [6, 6.07) is 11.7.